The Kier molecular flexibility index (Phi) is 3.12. The third kappa shape index (κ3) is 4.58. The van der Waals surface area contributed by atoms with Gasteiger partial charge in [-0.2, -0.15) is 0 Å². The smallest absolute Gasteiger partial charge is 0.00439 e. The van der Waals surface area contributed by atoms with Crippen molar-refractivity contribution < 1.29 is 0 Å². The van der Waals surface area contributed by atoms with E-state index in [0.717, 1.165) is 0 Å². The predicted molar refractivity (Wildman–Crippen MR) is 30.5 cm³/mol. The van der Waals surface area contributed by atoms with Crippen molar-refractivity contribution in [2.24, 2.45) is 0 Å². The Hall–Kier alpha value is 0.580. The Labute approximate surface area is 37.2 Å². The van der Waals surface area contributed by atoms with Gasteiger partial charge >= 0.3 is 0 Å². The molecule has 0 spiro atoms. The maximum atomic E-state index is 6.89. The lowest BCUT2D eigenvalue weighted by Crippen LogP contribution is -1.32. The van der Waals surface area contributed by atoms with Gasteiger partial charge in [-0.25, -0.2) is 0 Å². The van der Waals surface area contributed by atoms with Crippen LogP contribution < -0.4 is 0 Å². The van der Waals surface area contributed by atoms with Gasteiger partial charge in [0.25, 0.3) is 0 Å². The van der Waals surface area contributed by atoms with Crippen molar-refractivity contribution in [1.29, 1.82) is 5.16 Å². The Morgan fingerprint density at radius 1 is 1.80 bits per heavy atom. The van der Waals surface area contributed by atoms with Gasteiger partial charge in [0.15, 0.2) is 0 Å². The topological polar surface area (TPSA) is 23.9 Å². The summed E-state index contributed by atoms with van der Waals surface area (Å²) >= 11 is 1.65. The normalized spacial score (nSPS) is 14.8. The summed E-state index contributed by atoms with van der Waals surface area (Å²) in [5.41, 5.74) is 0. The molecule has 0 saturated carbocycles. The number of nitrogens with one attached hydrogen (secondary N) is 1. The van der Waals surface area contributed by atoms with Gasteiger partial charge in [0, 0.05) is 6.92 Å². The average molecular weight is 109 g/mol. The van der Waals surface area contributed by atoms with Crippen LogP contribution in [0.1, 0.15) is 0 Å². The summed E-state index contributed by atoms with van der Waals surface area (Å²) < 4.78 is 0. The van der Waals surface area contributed by atoms with E-state index in [-0.39, 0.29) is 0 Å². The van der Waals surface area contributed by atoms with Crippen LogP contribution in [0, 0.1) is 5.16 Å². The molecule has 0 aromatic carbocycles. The molecule has 5 heavy (non-hydrogen) atoms. The van der Waals surface area contributed by atoms with E-state index >= 15 is 0 Å². The van der Waals surface area contributed by atoms with Crippen molar-refractivity contribution in [2.45, 2.75) is 0 Å². The maximum Gasteiger partial charge on any atom is 0.00439 e. The highest BCUT2D eigenvalue weighted by atomic mass is 32.7. The van der Waals surface area contributed by atoms with Gasteiger partial charge in [-0.1, -0.05) is 0 Å². The molecule has 1 nitrogen and oxygen atoms in total. The Morgan fingerprint density at radius 2 is 2.00 bits per heavy atom. The predicted octanol–water partition coefficient (Wildman–Crippen LogP) is 1.87. The molecule has 0 aliphatic carbocycles. The van der Waals surface area contributed by atoms with Crippen LogP contribution in [0.4, 0.5) is 0 Å². The second-order valence-electron chi connectivity index (χ2n) is 0.760. The number of rotatable bonds is 1. The van der Waals surface area contributed by atoms with Crippen molar-refractivity contribution >= 4 is 18.3 Å². The first-order chi connectivity index (χ1) is 2.27. The fourth-order valence-electron chi connectivity index (χ4n) is 0. The molecule has 0 heterocycles. The minimum atomic E-state index is -0.707. The molecule has 0 amide bonds. The Bertz CT molecular complexity index is 44.9. The first kappa shape index (κ1) is 5.58. The van der Waals surface area contributed by atoms with Gasteiger partial charge in [0.2, 0.25) is 0 Å². The highest BCUT2D eigenvalue weighted by molar-refractivity contribution is 8.51. The molecular formula is C2H8NPS. The quantitative estimate of drug-likeness (QED) is 0.510. The standard InChI is InChI=1S/C2H8NPS/c1-4(3)5-2/h3-4H,1-2H3. The summed E-state index contributed by atoms with van der Waals surface area (Å²) in [4.78, 5) is 0. The second kappa shape index (κ2) is 2.80. The summed E-state index contributed by atoms with van der Waals surface area (Å²) in [6, 6.07) is 0. The van der Waals surface area contributed by atoms with E-state index in [4.69, 9.17) is 5.16 Å². The fraction of sp³-hybridized carbons (Fsp3) is 1.00. The molecule has 1 unspecified atom stereocenters. The van der Waals surface area contributed by atoms with Crippen LogP contribution in [0.15, 0.2) is 0 Å². The lowest BCUT2D eigenvalue weighted by molar-refractivity contribution is 1.64. The van der Waals surface area contributed by atoms with Crippen LogP contribution in [0.3, 0.4) is 0 Å². The van der Waals surface area contributed by atoms with Gasteiger partial charge in [-0.15, -0.1) is 11.4 Å². The molecule has 0 aliphatic rings. The van der Waals surface area contributed by atoms with Gasteiger partial charge in [0.05, 0.1) is 0 Å². The molecule has 1 atom stereocenters. The van der Waals surface area contributed by atoms with E-state index in [1.165, 1.54) is 0 Å². The third-order valence-electron chi connectivity index (χ3n) is 0.306. The zero-order chi connectivity index (χ0) is 4.28. The monoisotopic (exact) mass is 109 g/mol. The molecule has 0 rings (SSSR count). The third-order valence-corrected chi connectivity index (χ3v) is 2.76. The lowest BCUT2D eigenvalue weighted by atomic mass is 12.0. The molecule has 1 N–H and O–H groups in total. The molecule has 0 aromatic heterocycles. The van der Waals surface area contributed by atoms with Gasteiger partial charge in [-0.3, -0.25) is 0 Å². The van der Waals surface area contributed by atoms with Crippen LogP contribution >= 0.6 is 18.3 Å². The van der Waals surface area contributed by atoms with Crippen LogP contribution in [-0.2, 0) is 0 Å². The van der Waals surface area contributed by atoms with E-state index in [9.17, 15) is 0 Å². The minimum absolute atomic E-state index is 0.707. The molecular weight excluding hydrogens is 101 g/mol. The van der Waals surface area contributed by atoms with Gasteiger partial charge in [0.1, 0.15) is 0 Å². The van der Waals surface area contributed by atoms with E-state index < -0.39 is 6.92 Å². The Balaban J connectivity index is 2.85. The van der Waals surface area contributed by atoms with Crippen molar-refractivity contribution in [3.05, 3.63) is 0 Å². The van der Waals surface area contributed by atoms with E-state index in [2.05, 4.69) is 0 Å². The molecule has 0 aromatic rings. The molecule has 0 fully saturated rings. The molecule has 32 valence electrons. The molecule has 0 saturated heterocycles. The molecule has 3 heteroatoms. The van der Waals surface area contributed by atoms with Crippen molar-refractivity contribution in [1.82, 2.24) is 0 Å². The lowest BCUT2D eigenvalue weighted by Gasteiger charge is -1.80. The average Bonchev–Trinajstić information content (AvgIpc) is 1.38. The van der Waals surface area contributed by atoms with Crippen LogP contribution in [0.25, 0.3) is 0 Å². The Morgan fingerprint density at radius 3 is 2.00 bits per heavy atom. The van der Waals surface area contributed by atoms with Crippen molar-refractivity contribution in [2.75, 3.05) is 12.9 Å². The summed E-state index contributed by atoms with van der Waals surface area (Å²) in [6.07, 6.45) is 1.97. The highest BCUT2D eigenvalue weighted by Gasteiger charge is 1.68. The van der Waals surface area contributed by atoms with Crippen LogP contribution in [0.2, 0.25) is 0 Å². The minimum Gasteiger partial charge on any atom is -0.311 e. The zero-order valence-electron chi connectivity index (χ0n) is 3.41. The van der Waals surface area contributed by atoms with E-state index in [0.29, 0.717) is 0 Å². The van der Waals surface area contributed by atoms with Gasteiger partial charge < -0.3 is 5.16 Å². The summed E-state index contributed by atoms with van der Waals surface area (Å²) in [6.45, 7) is 1.25. The van der Waals surface area contributed by atoms with Crippen molar-refractivity contribution in [3.8, 4) is 0 Å². The summed E-state index contributed by atoms with van der Waals surface area (Å²) in [5.74, 6) is 0. The number of hydrogen-bond donors (Lipinski definition) is 1. The molecule has 0 bridgehead atoms. The molecule has 0 aliphatic heterocycles. The number of hydrogen-bond acceptors (Lipinski definition) is 2. The van der Waals surface area contributed by atoms with Gasteiger partial charge in [-0.05, 0) is 12.9 Å². The second-order valence-corrected chi connectivity index (χ2v) is 5.34. The first-order valence-corrected chi connectivity index (χ1v) is 5.31. The SMILES string of the molecule is CS[PH](C)=N. The summed E-state index contributed by atoms with van der Waals surface area (Å²) in [7, 11) is 0. The van der Waals surface area contributed by atoms with Crippen LogP contribution in [-0.4, -0.2) is 12.9 Å². The van der Waals surface area contributed by atoms with E-state index in [1.807, 2.05) is 12.9 Å². The molecule has 0 radical (unpaired) electrons. The van der Waals surface area contributed by atoms with Crippen molar-refractivity contribution in [3.63, 3.8) is 0 Å². The highest BCUT2D eigenvalue weighted by Crippen LogP contribution is 2.29. The van der Waals surface area contributed by atoms with E-state index in [1.54, 1.807) is 11.4 Å². The maximum absolute atomic E-state index is 6.89. The first-order valence-electron chi connectivity index (χ1n) is 1.36. The zero-order valence-corrected chi connectivity index (χ0v) is 5.22. The fourth-order valence-corrected chi connectivity index (χ4v) is 0. The summed E-state index contributed by atoms with van der Waals surface area (Å²) in [5, 5.41) is 6.89. The van der Waals surface area contributed by atoms with Crippen LogP contribution in [0.5, 0.6) is 0 Å². The largest absolute Gasteiger partial charge is 0.311 e.